The quantitative estimate of drug-likeness (QED) is 0.858. The molecule has 2 N–H and O–H groups in total. The van der Waals surface area contributed by atoms with Crippen molar-refractivity contribution < 1.29 is 4.74 Å². The Morgan fingerprint density at radius 3 is 2.95 bits per heavy atom. The third-order valence-corrected chi connectivity index (χ3v) is 3.92. The van der Waals surface area contributed by atoms with Crippen molar-refractivity contribution in [2.75, 3.05) is 23.8 Å². The second-order valence-electron chi connectivity index (χ2n) is 5.03. The fraction of sp³-hybridized carbons (Fsp3) is 0.333. The summed E-state index contributed by atoms with van der Waals surface area (Å²) in [6, 6.07) is 7.05. The van der Waals surface area contributed by atoms with E-state index in [0.717, 1.165) is 31.8 Å². The molecule has 1 unspecified atom stereocenters. The molecule has 1 atom stereocenters. The molecule has 1 aromatic heterocycles. The van der Waals surface area contributed by atoms with Gasteiger partial charge in [-0.15, -0.1) is 0 Å². The first-order chi connectivity index (χ1) is 10.7. The molecule has 22 heavy (non-hydrogen) atoms. The number of hydrogen-bond acceptors (Lipinski definition) is 5. The molecule has 1 aromatic carbocycles. The van der Waals surface area contributed by atoms with Gasteiger partial charge in [0, 0.05) is 24.4 Å². The lowest BCUT2D eigenvalue weighted by Gasteiger charge is -2.12. The summed E-state index contributed by atoms with van der Waals surface area (Å²) in [4.78, 5) is 8.60. The van der Waals surface area contributed by atoms with E-state index in [2.05, 4.69) is 20.6 Å². The van der Waals surface area contributed by atoms with Crippen LogP contribution in [0.3, 0.4) is 0 Å². The lowest BCUT2D eigenvalue weighted by molar-refractivity contribution is 0.120. The van der Waals surface area contributed by atoms with Crippen molar-refractivity contribution in [1.29, 1.82) is 0 Å². The lowest BCUT2D eigenvalue weighted by Crippen LogP contribution is -2.19. The fourth-order valence-electron chi connectivity index (χ4n) is 2.25. The van der Waals surface area contributed by atoms with E-state index in [1.54, 1.807) is 24.4 Å². The van der Waals surface area contributed by atoms with Crippen molar-refractivity contribution in [1.82, 2.24) is 9.97 Å². The van der Waals surface area contributed by atoms with Gasteiger partial charge in [0.15, 0.2) is 0 Å². The van der Waals surface area contributed by atoms with Crippen molar-refractivity contribution in [3.8, 4) is 0 Å². The number of anilines is 3. The molecular weight excluding hydrogens is 323 g/mol. The molecule has 0 bridgehead atoms. The number of nitrogens with zero attached hydrogens (tertiary/aromatic N) is 2. The number of benzene rings is 1. The number of aromatic nitrogens is 2. The van der Waals surface area contributed by atoms with Crippen molar-refractivity contribution in [3.05, 3.63) is 40.5 Å². The Balaban J connectivity index is 1.65. The highest BCUT2D eigenvalue weighted by Crippen LogP contribution is 2.27. The van der Waals surface area contributed by atoms with Crippen molar-refractivity contribution in [2.45, 2.75) is 18.9 Å². The standard InChI is InChI=1S/C15H16Cl2N4O/c16-10-3-4-13(12(17)8-10)20-15-18-6-5-14(21-15)19-9-11-2-1-7-22-11/h3-6,8,11H,1-2,7,9H2,(H2,18,19,20,21). The van der Waals surface area contributed by atoms with Gasteiger partial charge in [-0.1, -0.05) is 23.2 Å². The smallest absolute Gasteiger partial charge is 0.229 e. The van der Waals surface area contributed by atoms with Crippen LogP contribution in [0.5, 0.6) is 0 Å². The van der Waals surface area contributed by atoms with Crippen LogP contribution in [0.15, 0.2) is 30.5 Å². The molecule has 1 fully saturated rings. The summed E-state index contributed by atoms with van der Waals surface area (Å²) in [5.41, 5.74) is 0.711. The van der Waals surface area contributed by atoms with E-state index in [1.807, 2.05) is 6.07 Å². The minimum absolute atomic E-state index is 0.261. The van der Waals surface area contributed by atoms with Crippen molar-refractivity contribution in [3.63, 3.8) is 0 Å². The van der Waals surface area contributed by atoms with Gasteiger partial charge in [0.05, 0.1) is 16.8 Å². The van der Waals surface area contributed by atoms with Gasteiger partial charge in [-0.25, -0.2) is 4.98 Å². The van der Waals surface area contributed by atoms with Gasteiger partial charge in [-0.3, -0.25) is 0 Å². The minimum Gasteiger partial charge on any atom is -0.376 e. The zero-order valence-electron chi connectivity index (χ0n) is 11.9. The molecule has 1 aliphatic rings. The largest absolute Gasteiger partial charge is 0.376 e. The molecule has 5 nitrogen and oxygen atoms in total. The highest BCUT2D eigenvalue weighted by molar-refractivity contribution is 6.36. The zero-order valence-corrected chi connectivity index (χ0v) is 13.4. The van der Waals surface area contributed by atoms with E-state index in [1.165, 1.54) is 0 Å². The van der Waals surface area contributed by atoms with Crippen LogP contribution in [-0.2, 0) is 4.74 Å². The average Bonchev–Trinajstić information content (AvgIpc) is 3.02. The monoisotopic (exact) mass is 338 g/mol. The minimum atomic E-state index is 0.261. The third kappa shape index (κ3) is 4.00. The van der Waals surface area contributed by atoms with E-state index in [9.17, 15) is 0 Å². The van der Waals surface area contributed by atoms with Gasteiger partial charge in [0.1, 0.15) is 5.82 Å². The maximum Gasteiger partial charge on any atom is 0.229 e. The van der Waals surface area contributed by atoms with Crippen LogP contribution in [-0.4, -0.2) is 29.2 Å². The maximum atomic E-state index is 6.13. The summed E-state index contributed by atoms with van der Waals surface area (Å²) in [6.07, 6.45) is 4.16. The molecule has 0 spiro atoms. The number of rotatable bonds is 5. The van der Waals surface area contributed by atoms with Crippen molar-refractivity contribution >= 4 is 40.7 Å². The third-order valence-electron chi connectivity index (χ3n) is 3.37. The molecule has 0 radical (unpaired) electrons. The first-order valence-electron chi connectivity index (χ1n) is 7.11. The number of halogens is 2. The molecule has 1 saturated heterocycles. The first-order valence-corrected chi connectivity index (χ1v) is 7.87. The van der Waals surface area contributed by atoms with E-state index in [0.29, 0.717) is 21.7 Å². The second-order valence-corrected chi connectivity index (χ2v) is 5.87. The predicted molar refractivity (Wildman–Crippen MR) is 89.2 cm³/mol. The summed E-state index contributed by atoms with van der Waals surface area (Å²) in [6.45, 7) is 1.59. The fourth-order valence-corrected chi connectivity index (χ4v) is 2.71. The highest BCUT2D eigenvalue weighted by Gasteiger charge is 2.15. The van der Waals surface area contributed by atoms with Gasteiger partial charge >= 0.3 is 0 Å². The van der Waals surface area contributed by atoms with Gasteiger partial charge in [-0.05, 0) is 37.1 Å². The Hall–Kier alpha value is -1.56. The molecule has 2 heterocycles. The van der Waals surface area contributed by atoms with Crippen LogP contribution in [0.25, 0.3) is 0 Å². The molecular formula is C15H16Cl2N4O. The number of hydrogen-bond donors (Lipinski definition) is 2. The average molecular weight is 339 g/mol. The molecule has 116 valence electrons. The molecule has 0 aliphatic carbocycles. The Morgan fingerprint density at radius 2 is 2.18 bits per heavy atom. The Bertz CT molecular complexity index is 647. The van der Waals surface area contributed by atoms with Crippen LogP contribution < -0.4 is 10.6 Å². The molecule has 3 rings (SSSR count). The number of ether oxygens (including phenoxy) is 1. The second kappa shape index (κ2) is 7.13. The SMILES string of the molecule is Clc1ccc(Nc2nccc(NCC3CCCO3)n2)c(Cl)c1. The van der Waals surface area contributed by atoms with E-state index < -0.39 is 0 Å². The van der Waals surface area contributed by atoms with E-state index in [-0.39, 0.29) is 6.10 Å². The number of nitrogens with one attached hydrogen (secondary N) is 2. The van der Waals surface area contributed by atoms with Gasteiger partial charge < -0.3 is 15.4 Å². The predicted octanol–water partition coefficient (Wildman–Crippen LogP) is 4.12. The zero-order chi connectivity index (χ0) is 15.4. The summed E-state index contributed by atoms with van der Waals surface area (Å²) in [7, 11) is 0. The normalized spacial score (nSPS) is 17.5. The summed E-state index contributed by atoms with van der Waals surface area (Å²) >= 11 is 12.0. The molecule has 7 heteroatoms. The topological polar surface area (TPSA) is 59.1 Å². The lowest BCUT2D eigenvalue weighted by atomic mass is 10.2. The van der Waals surface area contributed by atoms with Crippen molar-refractivity contribution in [2.24, 2.45) is 0 Å². The first kappa shape index (κ1) is 15.3. The molecule has 2 aromatic rings. The van der Waals surface area contributed by atoms with Crippen LogP contribution in [0.1, 0.15) is 12.8 Å². The molecule has 0 saturated carbocycles. The van der Waals surface area contributed by atoms with Gasteiger partial charge in [0.2, 0.25) is 5.95 Å². The van der Waals surface area contributed by atoms with Crippen LogP contribution in [0, 0.1) is 0 Å². The summed E-state index contributed by atoms with van der Waals surface area (Å²) < 4.78 is 5.58. The van der Waals surface area contributed by atoms with Crippen LogP contribution >= 0.6 is 23.2 Å². The van der Waals surface area contributed by atoms with E-state index >= 15 is 0 Å². The molecule has 0 amide bonds. The van der Waals surface area contributed by atoms with Crippen LogP contribution in [0.4, 0.5) is 17.5 Å². The molecule has 1 aliphatic heterocycles. The van der Waals surface area contributed by atoms with Gasteiger partial charge in [-0.2, -0.15) is 4.98 Å². The highest BCUT2D eigenvalue weighted by atomic mass is 35.5. The van der Waals surface area contributed by atoms with Crippen LogP contribution in [0.2, 0.25) is 10.0 Å². The van der Waals surface area contributed by atoms with Gasteiger partial charge in [0.25, 0.3) is 0 Å². The summed E-state index contributed by atoms with van der Waals surface area (Å²) in [5, 5.41) is 7.46. The maximum absolute atomic E-state index is 6.13. The Labute approximate surface area is 139 Å². The van der Waals surface area contributed by atoms with E-state index in [4.69, 9.17) is 27.9 Å². The summed E-state index contributed by atoms with van der Waals surface area (Å²) in [5.74, 6) is 1.22. The Kier molecular flexibility index (Phi) is 4.97. The Morgan fingerprint density at radius 1 is 1.27 bits per heavy atom.